The molecule has 0 bridgehead atoms. The number of ether oxygens (including phenoxy) is 4. The van der Waals surface area contributed by atoms with Crippen molar-refractivity contribution < 1.29 is 80.2 Å². The van der Waals surface area contributed by atoms with E-state index in [2.05, 4.69) is 88.5 Å². The van der Waals surface area contributed by atoms with Gasteiger partial charge in [0.1, 0.15) is 19.3 Å². The molecule has 0 amide bonds. The number of aliphatic hydroxyl groups is 1. The molecule has 0 aliphatic carbocycles. The molecule has 0 rings (SSSR count). The highest BCUT2D eigenvalue weighted by atomic mass is 31.2. The number of phosphoric ester groups is 2. The van der Waals surface area contributed by atoms with E-state index in [9.17, 15) is 43.2 Å². The molecule has 0 saturated carbocycles. The minimum absolute atomic E-state index is 0.0946. The summed E-state index contributed by atoms with van der Waals surface area (Å²) in [6.45, 7) is 4.78. The van der Waals surface area contributed by atoms with Gasteiger partial charge >= 0.3 is 39.5 Å². The molecule has 5 unspecified atom stereocenters. The van der Waals surface area contributed by atoms with Gasteiger partial charge in [-0.3, -0.25) is 37.3 Å². The molecule has 0 aromatic heterocycles. The number of unbranched alkanes of at least 4 members (excludes halogenated alkanes) is 39. The topological polar surface area (TPSA) is 237 Å². The van der Waals surface area contributed by atoms with Crippen LogP contribution in [-0.4, -0.2) is 96.7 Å². The molecule has 0 aliphatic heterocycles. The van der Waals surface area contributed by atoms with Crippen LogP contribution in [0.25, 0.3) is 0 Å². The molecule has 0 aliphatic rings. The highest BCUT2D eigenvalue weighted by Gasteiger charge is 2.30. The van der Waals surface area contributed by atoms with Crippen LogP contribution in [0, 0.1) is 0 Å². The molecule has 5 atom stereocenters. The Balaban J connectivity index is 5.31. The number of carbonyl (C=O) groups excluding carboxylic acids is 4. The Hall–Kier alpha value is -3.24. The van der Waals surface area contributed by atoms with Gasteiger partial charge < -0.3 is 33.8 Å². The van der Waals surface area contributed by atoms with E-state index in [-0.39, 0.29) is 25.7 Å². The van der Waals surface area contributed by atoms with E-state index in [1.54, 1.807) is 0 Å². The minimum atomic E-state index is -4.97. The molecule has 3 N–H and O–H groups in total. The summed E-state index contributed by atoms with van der Waals surface area (Å²) in [6.07, 6.45) is 70.6. The summed E-state index contributed by atoms with van der Waals surface area (Å²) in [6, 6.07) is 0. The van der Waals surface area contributed by atoms with Gasteiger partial charge in [-0.2, -0.15) is 0 Å². The predicted molar refractivity (Wildman–Crippen MR) is 400 cm³/mol. The Labute approximate surface area is 597 Å². The van der Waals surface area contributed by atoms with Crippen LogP contribution in [0.2, 0.25) is 0 Å². The number of rotatable bonds is 75. The lowest BCUT2D eigenvalue weighted by molar-refractivity contribution is -0.161. The van der Waals surface area contributed by atoms with Gasteiger partial charge in [0.05, 0.1) is 26.4 Å². The van der Waals surface area contributed by atoms with Crippen molar-refractivity contribution in [3.63, 3.8) is 0 Å². The van der Waals surface area contributed by atoms with E-state index in [0.29, 0.717) is 25.7 Å². The molecular weight excluding hydrogens is 1280 g/mol. The maximum absolute atomic E-state index is 13.1. The van der Waals surface area contributed by atoms with Gasteiger partial charge in [-0.25, -0.2) is 9.13 Å². The fraction of sp³-hybridized carbons (Fsp3) is 0.823. The molecule has 0 saturated heterocycles. The predicted octanol–water partition coefficient (Wildman–Crippen LogP) is 22.7. The molecule has 0 aromatic carbocycles. The fourth-order valence-corrected chi connectivity index (χ4v) is 12.6. The highest BCUT2D eigenvalue weighted by molar-refractivity contribution is 7.47. The Morgan fingerprint density at radius 1 is 0.296 bits per heavy atom. The van der Waals surface area contributed by atoms with Crippen molar-refractivity contribution in [3.05, 3.63) is 60.8 Å². The van der Waals surface area contributed by atoms with Gasteiger partial charge in [0.15, 0.2) is 12.2 Å². The molecule has 0 heterocycles. The number of allylic oxidation sites excluding steroid dienone is 10. The first-order valence-electron chi connectivity index (χ1n) is 39.5. The second-order valence-corrected chi connectivity index (χ2v) is 29.5. The van der Waals surface area contributed by atoms with Crippen LogP contribution < -0.4 is 0 Å². The number of aliphatic hydroxyl groups excluding tert-OH is 1. The molecular formula is C79H144O17P2. The molecule has 98 heavy (non-hydrogen) atoms. The van der Waals surface area contributed by atoms with Crippen LogP contribution in [0.1, 0.15) is 362 Å². The van der Waals surface area contributed by atoms with E-state index < -0.39 is 97.5 Å². The fourth-order valence-electron chi connectivity index (χ4n) is 11.0. The minimum Gasteiger partial charge on any atom is -0.462 e. The Bertz CT molecular complexity index is 2100. The van der Waals surface area contributed by atoms with Crippen molar-refractivity contribution in [1.82, 2.24) is 0 Å². The van der Waals surface area contributed by atoms with Gasteiger partial charge in [0.2, 0.25) is 0 Å². The van der Waals surface area contributed by atoms with Crippen LogP contribution in [-0.2, 0) is 65.4 Å². The summed E-state index contributed by atoms with van der Waals surface area (Å²) in [4.78, 5) is 72.9. The third-order valence-corrected chi connectivity index (χ3v) is 18.9. The Kier molecular flexibility index (Phi) is 69.7. The van der Waals surface area contributed by atoms with Crippen molar-refractivity contribution in [2.24, 2.45) is 0 Å². The molecule has 17 nitrogen and oxygen atoms in total. The van der Waals surface area contributed by atoms with Crippen molar-refractivity contribution >= 4 is 39.5 Å². The molecule has 0 radical (unpaired) electrons. The highest BCUT2D eigenvalue weighted by Crippen LogP contribution is 2.45. The first-order valence-corrected chi connectivity index (χ1v) is 42.5. The average molecular weight is 1430 g/mol. The lowest BCUT2D eigenvalue weighted by atomic mass is 10.0. The summed E-state index contributed by atoms with van der Waals surface area (Å²) in [7, 11) is -9.94. The SMILES string of the molecule is CC/C=C\C/C=C\C/C=C\C/C=C\CCCCCCC(=O)OCC(COP(=O)(O)OCC(O)COP(=O)(O)OCC(COC(=O)CCCCCCC/C=C\CCCCCCCC)OC(=O)CCCCCCCCCCCCCCCCC)OC(=O)CCCCCCCCCCCCC. The molecule has 0 aromatic rings. The van der Waals surface area contributed by atoms with E-state index in [0.717, 1.165) is 141 Å². The molecule has 0 spiro atoms. The number of hydrogen-bond donors (Lipinski definition) is 3. The van der Waals surface area contributed by atoms with E-state index >= 15 is 0 Å². The lowest BCUT2D eigenvalue weighted by Gasteiger charge is -2.21. The van der Waals surface area contributed by atoms with Crippen molar-refractivity contribution in [2.75, 3.05) is 39.6 Å². The van der Waals surface area contributed by atoms with Gasteiger partial charge in [-0.1, -0.05) is 307 Å². The lowest BCUT2D eigenvalue weighted by Crippen LogP contribution is -2.30. The van der Waals surface area contributed by atoms with Gasteiger partial charge in [-0.05, 0) is 89.9 Å². The second kappa shape index (κ2) is 72.1. The third kappa shape index (κ3) is 71.2. The normalized spacial score (nSPS) is 14.2. The monoisotopic (exact) mass is 1430 g/mol. The second-order valence-electron chi connectivity index (χ2n) is 26.6. The summed E-state index contributed by atoms with van der Waals surface area (Å²) >= 11 is 0. The van der Waals surface area contributed by atoms with E-state index in [1.165, 1.54) is 141 Å². The zero-order chi connectivity index (χ0) is 71.8. The van der Waals surface area contributed by atoms with Crippen molar-refractivity contribution in [1.29, 1.82) is 0 Å². The number of phosphoric acid groups is 2. The van der Waals surface area contributed by atoms with Crippen LogP contribution >= 0.6 is 15.6 Å². The zero-order valence-electron chi connectivity index (χ0n) is 62.5. The first kappa shape index (κ1) is 94.8. The van der Waals surface area contributed by atoms with Gasteiger partial charge in [0, 0.05) is 25.7 Å². The summed E-state index contributed by atoms with van der Waals surface area (Å²) < 4.78 is 68.5. The number of carbonyl (C=O) groups is 4. The van der Waals surface area contributed by atoms with Gasteiger partial charge in [-0.15, -0.1) is 0 Å². The van der Waals surface area contributed by atoms with Crippen LogP contribution in [0.3, 0.4) is 0 Å². The summed E-state index contributed by atoms with van der Waals surface area (Å²) in [5.74, 6) is -2.17. The van der Waals surface area contributed by atoms with Crippen molar-refractivity contribution in [2.45, 2.75) is 380 Å². The van der Waals surface area contributed by atoms with E-state index in [1.807, 2.05) is 0 Å². The number of hydrogen-bond acceptors (Lipinski definition) is 15. The Morgan fingerprint density at radius 3 is 0.827 bits per heavy atom. The summed E-state index contributed by atoms with van der Waals surface area (Å²) in [5.41, 5.74) is 0. The maximum atomic E-state index is 13.1. The number of esters is 4. The van der Waals surface area contributed by atoms with E-state index in [4.69, 9.17) is 37.0 Å². The molecule has 0 fully saturated rings. The largest absolute Gasteiger partial charge is 0.472 e. The first-order chi connectivity index (χ1) is 47.7. The average Bonchev–Trinajstić information content (AvgIpc) is 0.986. The van der Waals surface area contributed by atoms with Crippen LogP contribution in [0.4, 0.5) is 0 Å². The zero-order valence-corrected chi connectivity index (χ0v) is 64.3. The van der Waals surface area contributed by atoms with Crippen LogP contribution in [0.15, 0.2) is 60.8 Å². The summed E-state index contributed by atoms with van der Waals surface area (Å²) in [5, 5.41) is 10.6. The maximum Gasteiger partial charge on any atom is 0.472 e. The van der Waals surface area contributed by atoms with Crippen molar-refractivity contribution in [3.8, 4) is 0 Å². The van der Waals surface area contributed by atoms with Crippen LogP contribution in [0.5, 0.6) is 0 Å². The van der Waals surface area contributed by atoms with Gasteiger partial charge in [0.25, 0.3) is 0 Å². The standard InChI is InChI=1S/C79H144O17P2/c1-5-9-13-17-21-25-29-32-35-36-39-41-45-48-52-56-60-64-77(82)89-69-74(95-78(83)65-61-57-53-49-43-28-24-20-16-12-8-4)71-93-97(85,86)91-67-73(80)68-92-98(87,88)94-72-75(96-79(84)66-62-58-54-50-46-42-38-34-31-27-23-19-15-11-7-3)70-90-76(81)63-59-55-51-47-44-40-37-33-30-26-22-18-14-10-6-2/h9,13,21,25,32-33,35,37,39,41,73-75,80H,5-8,10-12,14-20,22-24,26-31,34,36,38,40,42-72H2,1-4H3,(H,85,86)(H,87,88)/b13-9-,25-21-,35-32-,37-33-,41-39-. The molecule has 19 heteroatoms. The third-order valence-electron chi connectivity index (χ3n) is 17.0. The smallest absolute Gasteiger partial charge is 0.462 e. The quantitative estimate of drug-likeness (QED) is 0.0169. The Morgan fingerprint density at radius 2 is 0.531 bits per heavy atom. The molecule has 572 valence electrons.